The first-order valence-electron chi connectivity index (χ1n) is 6.77. The summed E-state index contributed by atoms with van der Waals surface area (Å²) >= 11 is 0. The molecule has 2 aromatic heterocycles. The van der Waals surface area contributed by atoms with Gasteiger partial charge in [0.05, 0.1) is 25.8 Å². The summed E-state index contributed by atoms with van der Waals surface area (Å²) in [5.74, 6) is -0.173. The maximum absolute atomic E-state index is 11.6. The van der Waals surface area contributed by atoms with Crippen LogP contribution in [0.3, 0.4) is 0 Å². The Morgan fingerprint density at radius 1 is 1.35 bits per heavy atom. The summed E-state index contributed by atoms with van der Waals surface area (Å²) < 4.78 is 6.95. The summed E-state index contributed by atoms with van der Waals surface area (Å²) in [6.45, 7) is 3.00. The number of aryl methyl sites for hydroxylation is 3. The minimum Gasteiger partial charge on any atom is -0.466 e. The van der Waals surface area contributed by atoms with Crippen molar-refractivity contribution in [2.24, 2.45) is 0 Å². The predicted octanol–water partition coefficient (Wildman–Crippen LogP) is 2.15. The van der Waals surface area contributed by atoms with Gasteiger partial charge in [-0.2, -0.15) is 5.10 Å². The van der Waals surface area contributed by atoms with E-state index in [9.17, 15) is 4.79 Å². The Morgan fingerprint density at radius 2 is 2.15 bits per heavy atom. The number of hydrogen-bond acceptors (Lipinski definition) is 4. The van der Waals surface area contributed by atoms with Gasteiger partial charge in [0.25, 0.3) is 0 Å². The van der Waals surface area contributed by atoms with Crippen LogP contribution in [-0.4, -0.2) is 27.3 Å². The summed E-state index contributed by atoms with van der Waals surface area (Å²) in [6, 6.07) is 3.95. The number of rotatable bonds is 7. The molecule has 106 valence electrons. The highest BCUT2D eigenvalue weighted by Crippen LogP contribution is 2.02. The largest absolute Gasteiger partial charge is 0.466 e. The average Bonchev–Trinajstić information content (AvgIpc) is 2.88. The van der Waals surface area contributed by atoms with Gasteiger partial charge in [-0.25, -0.2) is 0 Å². The van der Waals surface area contributed by atoms with Crippen molar-refractivity contribution in [2.75, 3.05) is 6.61 Å². The zero-order valence-electron chi connectivity index (χ0n) is 11.7. The van der Waals surface area contributed by atoms with E-state index in [1.165, 1.54) is 5.56 Å². The topological polar surface area (TPSA) is 57.0 Å². The first kappa shape index (κ1) is 14.2. The zero-order valence-corrected chi connectivity index (χ0v) is 11.7. The number of nitrogens with zero attached hydrogens (tertiary/aromatic N) is 3. The average molecular weight is 273 g/mol. The van der Waals surface area contributed by atoms with Gasteiger partial charge in [-0.3, -0.25) is 14.5 Å². The second-order valence-corrected chi connectivity index (χ2v) is 4.71. The highest BCUT2D eigenvalue weighted by atomic mass is 16.5. The number of carbonyl (C=O) groups excluding carboxylic acids is 1. The van der Waals surface area contributed by atoms with Gasteiger partial charge in [0.1, 0.15) is 0 Å². The van der Waals surface area contributed by atoms with Gasteiger partial charge in [0.15, 0.2) is 0 Å². The van der Waals surface area contributed by atoms with Crippen LogP contribution in [0.5, 0.6) is 0 Å². The van der Waals surface area contributed by atoms with Crippen LogP contribution in [0.4, 0.5) is 0 Å². The molecule has 0 atom stereocenters. The van der Waals surface area contributed by atoms with Crippen LogP contribution in [0.1, 0.15) is 24.0 Å². The molecule has 0 aliphatic carbocycles. The Hall–Kier alpha value is -2.17. The molecule has 0 aliphatic rings. The molecule has 0 fully saturated rings. The highest BCUT2D eigenvalue weighted by Gasteiger charge is 2.04. The Bertz CT molecular complexity index is 537. The number of esters is 1. The van der Waals surface area contributed by atoms with Crippen molar-refractivity contribution in [3.63, 3.8) is 0 Å². The fourth-order valence-corrected chi connectivity index (χ4v) is 1.88. The van der Waals surface area contributed by atoms with Gasteiger partial charge in [0, 0.05) is 18.6 Å². The zero-order chi connectivity index (χ0) is 14.2. The molecule has 20 heavy (non-hydrogen) atoms. The number of hydrogen-bond donors (Lipinski definition) is 0. The van der Waals surface area contributed by atoms with E-state index in [1.54, 1.807) is 23.3 Å². The molecule has 0 radical (unpaired) electrons. The number of ether oxygens (including phenoxy) is 1. The fraction of sp³-hybridized carbons (Fsp3) is 0.400. The Morgan fingerprint density at radius 3 is 2.85 bits per heavy atom. The van der Waals surface area contributed by atoms with Crippen molar-refractivity contribution >= 4 is 5.97 Å². The standard InChI is InChI=1S/C15H19N3O2/c1-13-11-17-18(12-13)9-6-15(19)20-10-2-3-14-4-7-16-8-5-14/h4-5,7-8,11-12H,2-3,6,9-10H2,1H3. The molecule has 2 rings (SSSR count). The summed E-state index contributed by atoms with van der Waals surface area (Å²) in [5.41, 5.74) is 2.30. The van der Waals surface area contributed by atoms with E-state index in [2.05, 4.69) is 10.1 Å². The van der Waals surface area contributed by atoms with Crippen molar-refractivity contribution in [3.05, 3.63) is 48.0 Å². The summed E-state index contributed by atoms with van der Waals surface area (Å²) in [7, 11) is 0. The Kier molecular flexibility index (Phi) is 5.29. The molecule has 0 N–H and O–H groups in total. The second kappa shape index (κ2) is 7.43. The van der Waals surface area contributed by atoms with E-state index in [0.717, 1.165) is 18.4 Å². The quantitative estimate of drug-likeness (QED) is 0.573. The molecule has 0 aromatic carbocycles. The van der Waals surface area contributed by atoms with E-state index in [1.807, 2.05) is 25.3 Å². The van der Waals surface area contributed by atoms with Crippen molar-refractivity contribution in [1.82, 2.24) is 14.8 Å². The highest BCUT2D eigenvalue weighted by molar-refractivity contribution is 5.69. The van der Waals surface area contributed by atoms with Crippen LogP contribution >= 0.6 is 0 Å². The third-order valence-electron chi connectivity index (χ3n) is 2.93. The van der Waals surface area contributed by atoms with Gasteiger partial charge in [0.2, 0.25) is 0 Å². The SMILES string of the molecule is Cc1cnn(CCC(=O)OCCCc2ccncc2)c1. The molecule has 5 heteroatoms. The number of aromatic nitrogens is 3. The van der Waals surface area contributed by atoms with Crippen molar-refractivity contribution < 1.29 is 9.53 Å². The number of pyridine rings is 1. The monoisotopic (exact) mass is 273 g/mol. The van der Waals surface area contributed by atoms with Crippen LogP contribution < -0.4 is 0 Å². The molecule has 5 nitrogen and oxygen atoms in total. The van der Waals surface area contributed by atoms with Crippen molar-refractivity contribution in [3.8, 4) is 0 Å². The Labute approximate surface area is 118 Å². The lowest BCUT2D eigenvalue weighted by molar-refractivity contribution is -0.144. The predicted molar refractivity (Wildman–Crippen MR) is 75.1 cm³/mol. The van der Waals surface area contributed by atoms with Gasteiger partial charge >= 0.3 is 5.97 Å². The third kappa shape index (κ3) is 4.84. The molecule has 0 saturated carbocycles. The molecular formula is C15H19N3O2. The lowest BCUT2D eigenvalue weighted by atomic mass is 10.1. The molecule has 0 spiro atoms. The first-order chi connectivity index (χ1) is 9.74. The van der Waals surface area contributed by atoms with Crippen LogP contribution in [0.2, 0.25) is 0 Å². The summed E-state index contributed by atoms with van der Waals surface area (Å²) in [6.07, 6.45) is 9.32. The molecule has 0 saturated heterocycles. The summed E-state index contributed by atoms with van der Waals surface area (Å²) in [4.78, 5) is 15.5. The van der Waals surface area contributed by atoms with Gasteiger partial charge in [-0.05, 0) is 43.0 Å². The van der Waals surface area contributed by atoms with E-state index in [0.29, 0.717) is 19.6 Å². The molecule has 2 heterocycles. The van der Waals surface area contributed by atoms with Crippen LogP contribution in [0.25, 0.3) is 0 Å². The minimum atomic E-state index is -0.173. The first-order valence-corrected chi connectivity index (χ1v) is 6.77. The van der Waals surface area contributed by atoms with E-state index in [4.69, 9.17) is 4.74 Å². The van der Waals surface area contributed by atoms with Crippen LogP contribution in [-0.2, 0) is 22.5 Å². The molecule has 0 aliphatic heterocycles. The van der Waals surface area contributed by atoms with E-state index in [-0.39, 0.29) is 5.97 Å². The Balaban J connectivity index is 1.58. The van der Waals surface area contributed by atoms with Crippen molar-refractivity contribution in [1.29, 1.82) is 0 Å². The van der Waals surface area contributed by atoms with Gasteiger partial charge < -0.3 is 4.74 Å². The fourth-order valence-electron chi connectivity index (χ4n) is 1.88. The molecular weight excluding hydrogens is 254 g/mol. The molecule has 0 unspecified atom stereocenters. The molecule has 0 amide bonds. The van der Waals surface area contributed by atoms with Crippen LogP contribution in [0.15, 0.2) is 36.9 Å². The summed E-state index contributed by atoms with van der Waals surface area (Å²) in [5, 5.41) is 4.13. The second-order valence-electron chi connectivity index (χ2n) is 4.71. The lowest BCUT2D eigenvalue weighted by Crippen LogP contribution is -2.10. The van der Waals surface area contributed by atoms with E-state index < -0.39 is 0 Å². The van der Waals surface area contributed by atoms with E-state index >= 15 is 0 Å². The minimum absolute atomic E-state index is 0.173. The molecule has 0 bridgehead atoms. The smallest absolute Gasteiger partial charge is 0.307 e. The normalized spacial score (nSPS) is 10.4. The van der Waals surface area contributed by atoms with Crippen molar-refractivity contribution in [2.45, 2.75) is 32.7 Å². The maximum atomic E-state index is 11.6. The maximum Gasteiger partial charge on any atom is 0.307 e. The van der Waals surface area contributed by atoms with Gasteiger partial charge in [-0.15, -0.1) is 0 Å². The van der Waals surface area contributed by atoms with Crippen LogP contribution in [0, 0.1) is 6.92 Å². The number of carbonyl (C=O) groups is 1. The third-order valence-corrected chi connectivity index (χ3v) is 2.93. The van der Waals surface area contributed by atoms with Gasteiger partial charge in [-0.1, -0.05) is 0 Å². The molecule has 2 aromatic rings. The lowest BCUT2D eigenvalue weighted by Gasteiger charge is -2.05.